The summed E-state index contributed by atoms with van der Waals surface area (Å²) in [5.74, 6) is -0.612. The maximum Gasteiger partial charge on any atom is 0.416 e. The minimum absolute atomic E-state index is 0.0201. The molecule has 2 atom stereocenters. The van der Waals surface area contributed by atoms with E-state index in [1.165, 1.54) is 12.1 Å². The van der Waals surface area contributed by atoms with Gasteiger partial charge < -0.3 is 19.5 Å². The number of carboxylic acid groups (broad SMARTS) is 1. The molecule has 30 heavy (non-hydrogen) atoms. The number of hydrogen-bond donors (Lipinski definition) is 1. The molecule has 0 aliphatic carbocycles. The Morgan fingerprint density at radius 2 is 1.80 bits per heavy atom. The van der Waals surface area contributed by atoms with Crippen molar-refractivity contribution in [3.63, 3.8) is 0 Å². The van der Waals surface area contributed by atoms with Crippen molar-refractivity contribution in [2.45, 2.75) is 38.1 Å². The molecule has 2 aromatic rings. The lowest BCUT2D eigenvalue weighted by atomic mass is 10.1. The molecule has 0 spiro atoms. The van der Waals surface area contributed by atoms with Crippen LogP contribution in [-0.2, 0) is 10.9 Å². The first-order valence-corrected chi connectivity index (χ1v) is 9.79. The normalized spacial score (nSPS) is 19.1. The van der Waals surface area contributed by atoms with E-state index in [-0.39, 0.29) is 17.7 Å². The summed E-state index contributed by atoms with van der Waals surface area (Å²) >= 11 is 0. The number of alkyl halides is 3. The fourth-order valence-electron chi connectivity index (χ4n) is 3.51. The van der Waals surface area contributed by atoms with Gasteiger partial charge in [0.1, 0.15) is 11.9 Å². The second-order valence-electron chi connectivity index (χ2n) is 7.23. The lowest BCUT2D eigenvalue weighted by molar-refractivity contribution is -0.137. The van der Waals surface area contributed by atoms with Crippen LogP contribution in [0.1, 0.15) is 35.7 Å². The average Bonchev–Trinajstić information content (AvgIpc) is 3.10. The van der Waals surface area contributed by atoms with E-state index in [1.807, 2.05) is 6.92 Å². The van der Waals surface area contributed by atoms with Crippen molar-refractivity contribution >= 4 is 11.7 Å². The maximum atomic E-state index is 12.7. The van der Waals surface area contributed by atoms with E-state index in [9.17, 15) is 18.0 Å². The molecule has 0 amide bonds. The van der Waals surface area contributed by atoms with Gasteiger partial charge in [-0.2, -0.15) is 13.2 Å². The first kappa shape index (κ1) is 22.0. The largest absolute Gasteiger partial charge is 0.489 e. The molecule has 1 heterocycles. The summed E-state index contributed by atoms with van der Waals surface area (Å²) in [6.07, 6.45) is -3.07. The Hall–Kier alpha value is -2.74. The summed E-state index contributed by atoms with van der Waals surface area (Å²) in [5, 5.41) is 9.09. The zero-order valence-electron chi connectivity index (χ0n) is 16.6. The van der Waals surface area contributed by atoms with Crippen molar-refractivity contribution in [2.24, 2.45) is 0 Å². The van der Waals surface area contributed by atoms with Gasteiger partial charge in [-0.25, -0.2) is 4.79 Å². The van der Waals surface area contributed by atoms with E-state index in [4.69, 9.17) is 14.6 Å². The molecule has 0 unspecified atom stereocenters. The Morgan fingerprint density at radius 1 is 1.13 bits per heavy atom. The van der Waals surface area contributed by atoms with Crippen LogP contribution in [0.2, 0.25) is 0 Å². The second-order valence-corrected chi connectivity index (χ2v) is 7.23. The number of benzene rings is 2. The van der Waals surface area contributed by atoms with Crippen LogP contribution in [0.5, 0.6) is 5.75 Å². The first-order chi connectivity index (χ1) is 14.3. The summed E-state index contributed by atoms with van der Waals surface area (Å²) < 4.78 is 49.9. The van der Waals surface area contributed by atoms with E-state index in [0.29, 0.717) is 31.9 Å². The molecule has 1 fully saturated rings. The van der Waals surface area contributed by atoms with Gasteiger partial charge in [-0.05, 0) is 55.0 Å². The van der Waals surface area contributed by atoms with Crippen molar-refractivity contribution in [1.29, 1.82) is 0 Å². The third-order valence-electron chi connectivity index (χ3n) is 4.97. The molecule has 2 aromatic carbocycles. The molecule has 8 heteroatoms. The Balaban J connectivity index is 1.71. The zero-order chi connectivity index (χ0) is 21.7. The van der Waals surface area contributed by atoms with Gasteiger partial charge in [0.05, 0.1) is 30.3 Å². The topological polar surface area (TPSA) is 59.0 Å². The lowest BCUT2D eigenvalue weighted by Gasteiger charge is -2.26. The second kappa shape index (κ2) is 9.38. The first-order valence-electron chi connectivity index (χ1n) is 9.79. The lowest BCUT2D eigenvalue weighted by Crippen LogP contribution is -2.33. The number of carbonyl (C=O) groups is 1. The van der Waals surface area contributed by atoms with Gasteiger partial charge in [0.2, 0.25) is 0 Å². The van der Waals surface area contributed by atoms with Crippen LogP contribution < -0.4 is 9.64 Å². The van der Waals surface area contributed by atoms with E-state index in [1.54, 1.807) is 24.3 Å². The van der Waals surface area contributed by atoms with E-state index >= 15 is 0 Å². The molecule has 1 saturated heterocycles. The van der Waals surface area contributed by atoms with Gasteiger partial charge >= 0.3 is 12.1 Å². The molecule has 0 aromatic heterocycles. The highest BCUT2D eigenvalue weighted by atomic mass is 19.4. The van der Waals surface area contributed by atoms with Crippen LogP contribution in [0, 0.1) is 0 Å². The van der Waals surface area contributed by atoms with Gasteiger partial charge in [-0.3, -0.25) is 0 Å². The minimum Gasteiger partial charge on any atom is -0.489 e. The Morgan fingerprint density at radius 3 is 2.37 bits per heavy atom. The zero-order valence-corrected chi connectivity index (χ0v) is 16.6. The Labute approximate surface area is 173 Å². The molecule has 0 bridgehead atoms. The molecule has 5 nitrogen and oxygen atoms in total. The number of aromatic carboxylic acids is 1. The molecular weight excluding hydrogens is 399 g/mol. The van der Waals surface area contributed by atoms with Crippen LogP contribution in [-0.4, -0.2) is 43.0 Å². The van der Waals surface area contributed by atoms with Crippen molar-refractivity contribution < 1.29 is 32.5 Å². The number of carboxylic acids is 1. The van der Waals surface area contributed by atoms with Crippen molar-refractivity contribution in [3.05, 3.63) is 59.7 Å². The monoisotopic (exact) mass is 423 g/mol. The molecule has 1 aliphatic rings. The number of anilines is 1. The van der Waals surface area contributed by atoms with E-state index < -0.39 is 17.7 Å². The minimum atomic E-state index is -4.38. The van der Waals surface area contributed by atoms with Crippen LogP contribution >= 0.6 is 0 Å². The highest BCUT2D eigenvalue weighted by molar-refractivity contribution is 5.88. The van der Waals surface area contributed by atoms with Crippen LogP contribution in [0.4, 0.5) is 18.9 Å². The van der Waals surface area contributed by atoms with Crippen molar-refractivity contribution in [1.82, 2.24) is 0 Å². The molecule has 0 radical (unpaired) electrons. The molecule has 162 valence electrons. The standard InChI is InChI=1S/C22H24F3NO4/c1-2-11-29-14-18-12-20(30-19-9-5-16(6-10-19)22(23,24)25)13-26(18)17-7-3-15(4-8-17)21(27)28/h3-10,18,20H,2,11-14H2,1H3,(H,27,28)/t18-,20+/m0/s1. The number of halogens is 3. The fraction of sp³-hybridized carbons (Fsp3) is 0.409. The molecule has 0 saturated carbocycles. The van der Waals surface area contributed by atoms with Crippen LogP contribution in [0.15, 0.2) is 48.5 Å². The average molecular weight is 423 g/mol. The summed E-state index contributed by atoms with van der Waals surface area (Å²) in [6.45, 7) is 3.66. The predicted octanol–water partition coefficient (Wildman–Crippen LogP) is 4.86. The summed E-state index contributed by atoms with van der Waals surface area (Å²) in [7, 11) is 0. The highest BCUT2D eigenvalue weighted by Gasteiger charge is 2.34. The number of ether oxygens (including phenoxy) is 2. The van der Waals surface area contributed by atoms with Crippen molar-refractivity contribution in [2.75, 3.05) is 24.7 Å². The van der Waals surface area contributed by atoms with Crippen molar-refractivity contribution in [3.8, 4) is 5.75 Å². The fourth-order valence-corrected chi connectivity index (χ4v) is 3.51. The van der Waals surface area contributed by atoms with Gasteiger partial charge in [-0.15, -0.1) is 0 Å². The molecular formula is C22H24F3NO4. The summed E-state index contributed by atoms with van der Waals surface area (Å²) in [4.78, 5) is 13.2. The van der Waals surface area contributed by atoms with E-state index in [2.05, 4.69) is 4.90 Å². The van der Waals surface area contributed by atoms with Crippen LogP contribution in [0.25, 0.3) is 0 Å². The Bertz CT molecular complexity index is 837. The smallest absolute Gasteiger partial charge is 0.416 e. The molecule has 1 aliphatic heterocycles. The summed E-state index contributed by atoms with van der Waals surface area (Å²) in [6, 6.07) is 11.3. The third-order valence-corrected chi connectivity index (χ3v) is 4.97. The van der Waals surface area contributed by atoms with Gasteiger partial charge in [0, 0.05) is 18.7 Å². The van der Waals surface area contributed by atoms with E-state index in [0.717, 1.165) is 24.2 Å². The maximum absolute atomic E-state index is 12.7. The summed E-state index contributed by atoms with van der Waals surface area (Å²) in [5.41, 5.74) is 0.338. The number of nitrogens with zero attached hydrogens (tertiary/aromatic N) is 1. The molecule has 3 rings (SSSR count). The quantitative estimate of drug-likeness (QED) is 0.615. The number of rotatable bonds is 8. The SMILES string of the molecule is CCCOC[C@@H]1C[C@@H](Oc2ccc(C(F)(F)F)cc2)CN1c1ccc(C(=O)O)cc1. The van der Waals surface area contributed by atoms with Gasteiger partial charge in [-0.1, -0.05) is 6.92 Å². The van der Waals surface area contributed by atoms with Crippen LogP contribution in [0.3, 0.4) is 0 Å². The third kappa shape index (κ3) is 5.44. The predicted molar refractivity (Wildman–Crippen MR) is 106 cm³/mol. The van der Waals surface area contributed by atoms with Gasteiger partial charge in [0.25, 0.3) is 0 Å². The highest BCUT2D eigenvalue weighted by Crippen LogP contribution is 2.32. The Kier molecular flexibility index (Phi) is 6.87. The number of hydrogen-bond acceptors (Lipinski definition) is 4. The molecule has 1 N–H and O–H groups in total. The van der Waals surface area contributed by atoms with Gasteiger partial charge in [0.15, 0.2) is 0 Å².